The van der Waals surface area contributed by atoms with Crippen LogP contribution < -0.4 is 14.9 Å². The summed E-state index contributed by atoms with van der Waals surface area (Å²) in [5, 5.41) is 0. The summed E-state index contributed by atoms with van der Waals surface area (Å²) >= 11 is 1.26. The van der Waals surface area contributed by atoms with Crippen molar-refractivity contribution < 1.29 is 13.9 Å². The quantitative estimate of drug-likeness (QED) is 0.590. The molecule has 0 N–H and O–H groups in total. The molecule has 1 aliphatic heterocycles. The van der Waals surface area contributed by atoms with Gasteiger partial charge in [0.05, 0.1) is 28.5 Å². The number of carbonyl (C=O) groups excluding carboxylic acids is 1. The molecule has 0 saturated carbocycles. The van der Waals surface area contributed by atoms with Crippen LogP contribution in [-0.2, 0) is 9.53 Å². The van der Waals surface area contributed by atoms with Crippen LogP contribution in [0.1, 0.15) is 36.6 Å². The number of carbonyl (C=O) groups is 1. The molecule has 0 bridgehead atoms. The minimum absolute atomic E-state index is 0.198. The molecule has 7 heteroatoms. The lowest BCUT2D eigenvalue weighted by Crippen LogP contribution is -2.39. The van der Waals surface area contributed by atoms with E-state index >= 15 is 0 Å². The number of fused-ring (bicyclic) bond motifs is 1. The molecule has 158 valence electrons. The average Bonchev–Trinajstić information content (AvgIpc) is 3.04. The highest BCUT2D eigenvalue weighted by Gasteiger charge is 2.33. The summed E-state index contributed by atoms with van der Waals surface area (Å²) in [7, 11) is 0. The Hall–Kier alpha value is -3.32. The van der Waals surface area contributed by atoms with Crippen molar-refractivity contribution in [1.29, 1.82) is 0 Å². The summed E-state index contributed by atoms with van der Waals surface area (Å²) in [6.07, 6.45) is 1.81. The van der Waals surface area contributed by atoms with Crippen LogP contribution in [-0.4, -0.2) is 17.1 Å². The molecule has 1 atom stereocenters. The molecular weight excluding hydrogens is 415 g/mol. The molecular formula is C24H21FN2O3S. The van der Waals surface area contributed by atoms with Crippen molar-refractivity contribution in [3.63, 3.8) is 0 Å². The lowest BCUT2D eigenvalue weighted by Gasteiger charge is -2.24. The van der Waals surface area contributed by atoms with Gasteiger partial charge in [0.15, 0.2) is 4.80 Å². The SMILES string of the molecule is CCOC(=O)C1=C(C)N=c2s/c(=C/c3ccc(C)cc3)c(=O)n2[C@@H]1c1ccc(F)cc1. The smallest absolute Gasteiger partial charge is 0.338 e. The van der Waals surface area contributed by atoms with Crippen LogP contribution in [0.5, 0.6) is 0 Å². The highest BCUT2D eigenvalue weighted by atomic mass is 32.1. The van der Waals surface area contributed by atoms with Crippen molar-refractivity contribution in [1.82, 2.24) is 4.57 Å². The van der Waals surface area contributed by atoms with Crippen molar-refractivity contribution in [2.24, 2.45) is 4.99 Å². The summed E-state index contributed by atoms with van der Waals surface area (Å²) in [6.45, 7) is 5.64. The molecule has 3 aromatic rings. The Kier molecular flexibility index (Phi) is 5.69. The maximum absolute atomic E-state index is 13.6. The molecule has 1 aromatic heterocycles. The van der Waals surface area contributed by atoms with E-state index in [2.05, 4.69) is 4.99 Å². The van der Waals surface area contributed by atoms with E-state index < -0.39 is 17.8 Å². The van der Waals surface area contributed by atoms with Crippen LogP contribution in [0.15, 0.2) is 69.6 Å². The van der Waals surface area contributed by atoms with E-state index in [0.717, 1.165) is 11.1 Å². The average molecular weight is 437 g/mol. The lowest BCUT2D eigenvalue weighted by molar-refractivity contribution is -0.139. The van der Waals surface area contributed by atoms with Gasteiger partial charge in [-0.3, -0.25) is 9.36 Å². The van der Waals surface area contributed by atoms with Crippen LogP contribution in [0.25, 0.3) is 6.08 Å². The summed E-state index contributed by atoms with van der Waals surface area (Å²) in [6, 6.07) is 12.9. The summed E-state index contributed by atoms with van der Waals surface area (Å²) in [4.78, 5) is 31.2. The molecule has 31 heavy (non-hydrogen) atoms. The van der Waals surface area contributed by atoms with Gasteiger partial charge in [-0.2, -0.15) is 0 Å². The second-order valence-corrected chi connectivity index (χ2v) is 8.27. The third-order valence-electron chi connectivity index (χ3n) is 5.08. The van der Waals surface area contributed by atoms with Gasteiger partial charge in [-0.15, -0.1) is 0 Å². The van der Waals surface area contributed by atoms with Crippen LogP contribution >= 0.6 is 11.3 Å². The van der Waals surface area contributed by atoms with Gasteiger partial charge in [0, 0.05) is 0 Å². The van der Waals surface area contributed by atoms with Crippen LogP contribution in [0.2, 0.25) is 0 Å². The largest absolute Gasteiger partial charge is 0.463 e. The van der Waals surface area contributed by atoms with Gasteiger partial charge in [-0.25, -0.2) is 14.2 Å². The maximum atomic E-state index is 13.6. The number of thiazole rings is 1. The van der Waals surface area contributed by atoms with E-state index in [1.54, 1.807) is 26.0 Å². The third kappa shape index (κ3) is 4.01. The Bertz CT molecular complexity index is 1350. The Balaban J connectivity index is 1.94. The first kappa shape index (κ1) is 20.9. The number of aromatic nitrogens is 1. The Morgan fingerprint density at radius 3 is 2.48 bits per heavy atom. The van der Waals surface area contributed by atoms with E-state index in [0.29, 0.717) is 20.6 Å². The molecule has 0 radical (unpaired) electrons. The maximum Gasteiger partial charge on any atom is 0.338 e. The minimum Gasteiger partial charge on any atom is -0.463 e. The van der Waals surface area contributed by atoms with Gasteiger partial charge >= 0.3 is 5.97 Å². The predicted molar refractivity (Wildman–Crippen MR) is 118 cm³/mol. The molecule has 4 rings (SSSR count). The summed E-state index contributed by atoms with van der Waals surface area (Å²) < 4.78 is 20.8. The normalized spacial score (nSPS) is 16.1. The highest BCUT2D eigenvalue weighted by molar-refractivity contribution is 7.07. The molecule has 2 heterocycles. The number of nitrogens with zero attached hydrogens (tertiary/aromatic N) is 2. The van der Waals surface area contributed by atoms with Crippen LogP contribution in [0.3, 0.4) is 0 Å². The number of benzene rings is 2. The number of halogens is 1. The van der Waals surface area contributed by atoms with Gasteiger partial charge in [0.1, 0.15) is 5.82 Å². The van der Waals surface area contributed by atoms with Crippen molar-refractivity contribution >= 4 is 23.4 Å². The van der Waals surface area contributed by atoms with E-state index in [1.807, 2.05) is 37.3 Å². The van der Waals surface area contributed by atoms with Crippen molar-refractivity contribution in [2.45, 2.75) is 26.8 Å². The monoisotopic (exact) mass is 436 g/mol. The molecule has 2 aromatic carbocycles. The topological polar surface area (TPSA) is 60.7 Å². The van der Waals surface area contributed by atoms with Gasteiger partial charge in [0.2, 0.25) is 0 Å². The minimum atomic E-state index is -0.740. The van der Waals surface area contributed by atoms with E-state index in [-0.39, 0.29) is 17.7 Å². The zero-order valence-corrected chi connectivity index (χ0v) is 18.2. The second kappa shape index (κ2) is 8.43. The highest BCUT2D eigenvalue weighted by Crippen LogP contribution is 2.30. The van der Waals surface area contributed by atoms with E-state index in [9.17, 15) is 14.0 Å². The molecule has 5 nitrogen and oxygen atoms in total. The lowest BCUT2D eigenvalue weighted by atomic mass is 9.96. The van der Waals surface area contributed by atoms with Crippen LogP contribution in [0, 0.1) is 12.7 Å². The fourth-order valence-electron chi connectivity index (χ4n) is 3.57. The fraction of sp³-hybridized carbons (Fsp3) is 0.208. The third-order valence-corrected chi connectivity index (χ3v) is 6.06. The summed E-state index contributed by atoms with van der Waals surface area (Å²) in [5.74, 6) is -0.931. The Labute approximate surface area is 182 Å². The number of esters is 1. The number of rotatable bonds is 4. The Morgan fingerprint density at radius 2 is 1.84 bits per heavy atom. The van der Waals surface area contributed by atoms with Gasteiger partial charge in [-0.1, -0.05) is 53.3 Å². The molecule has 0 amide bonds. The van der Waals surface area contributed by atoms with Crippen molar-refractivity contribution in [2.75, 3.05) is 6.61 Å². The number of hydrogen-bond donors (Lipinski definition) is 0. The number of aryl methyl sites for hydroxylation is 1. The standard InChI is InChI=1S/C24H21FN2O3S/c1-4-30-23(29)20-15(3)26-24-27(21(20)17-9-11-18(25)12-10-17)22(28)19(31-24)13-16-7-5-14(2)6-8-16/h5-13,21H,4H2,1-3H3/b19-13+/t21-/m1/s1. The number of hydrogen-bond acceptors (Lipinski definition) is 5. The van der Waals surface area contributed by atoms with Gasteiger partial charge in [-0.05, 0) is 50.1 Å². The Morgan fingerprint density at radius 1 is 1.16 bits per heavy atom. The summed E-state index contributed by atoms with van der Waals surface area (Å²) in [5.41, 5.74) is 3.15. The molecule has 0 unspecified atom stereocenters. The molecule has 0 aliphatic carbocycles. The predicted octanol–water partition coefficient (Wildman–Crippen LogP) is 3.25. The van der Waals surface area contributed by atoms with Crippen LogP contribution in [0.4, 0.5) is 4.39 Å². The zero-order valence-electron chi connectivity index (χ0n) is 17.4. The second-order valence-electron chi connectivity index (χ2n) is 7.26. The van der Waals surface area contributed by atoms with Gasteiger partial charge < -0.3 is 4.74 Å². The van der Waals surface area contributed by atoms with Crippen molar-refractivity contribution in [3.05, 3.63) is 102 Å². The molecule has 0 spiro atoms. The zero-order chi connectivity index (χ0) is 22.1. The molecule has 1 aliphatic rings. The first-order valence-corrected chi connectivity index (χ1v) is 10.7. The first-order chi connectivity index (χ1) is 14.9. The van der Waals surface area contributed by atoms with Gasteiger partial charge in [0.25, 0.3) is 5.56 Å². The number of allylic oxidation sites excluding steroid dienone is 1. The number of ether oxygens (including phenoxy) is 1. The molecule has 0 fully saturated rings. The first-order valence-electron chi connectivity index (χ1n) is 9.91. The van der Waals surface area contributed by atoms with E-state index in [4.69, 9.17) is 4.74 Å². The van der Waals surface area contributed by atoms with Crippen molar-refractivity contribution in [3.8, 4) is 0 Å². The fourth-order valence-corrected chi connectivity index (χ4v) is 4.61. The van der Waals surface area contributed by atoms with E-state index in [1.165, 1.54) is 28.0 Å². The molecule has 0 saturated heterocycles.